The molecule has 0 spiro atoms. The molecule has 0 saturated carbocycles. The summed E-state index contributed by atoms with van der Waals surface area (Å²) in [6.07, 6.45) is 0. The van der Waals surface area contributed by atoms with Gasteiger partial charge < -0.3 is 14.6 Å². The standard InChI is InChI=1S/C14H17NO4/c1-3-15(4-2)8-9-7-12(17)19-14-10(9)5-6-11(16)13(14)18/h5-7,16,18H,3-4,8H2,1-2H3. The second-order valence-corrected chi connectivity index (χ2v) is 4.36. The summed E-state index contributed by atoms with van der Waals surface area (Å²) in [6, 6.07) is 4.46. The number of hydrogen-bond donors (Lipinski definition) is 2. The van der Waals surface area contributed by atoms with E-state index in [1.165, 1.54) is 12.1 Å². The number of nitrogens with zero attached hydrogens (tertiary/aromatic N) is 1. The molecular weight excluding hydrogens is 246 g/mol. The number of rotatable bonds is 4. The molecule has 1 heterocycles. The molecule has 5 heteroatoms. The van der Waals surface area contributed by atoms with Crippen molar-refractivity contribution in [1.29, 1.82) is 0 Å². The molecule has 2 N–H and O–H groups in total. The Morgan fingerprint density at radius 2 is 1.89 bits per heavy atom. The van der Waals surface area contributed by atoms with E-state index < -0.39 is 11.4 Å². The molecule has 0 aliphatic rings. The minimum Gasteiger partial charge on any atom is -0.504 e. The summed E-state index contributed by atoms with van der Waals surface area (Å²) < 4.78 is 4.98. The lowest BCUT2D eigenvalue weighted by atomic mass is 10.1. The van der Waals surface area contributed by atoms with Gasteiger partial charge in [-0.25, -0.2) is 4.79 Å². The lowest BCUT2D eigenvalue weighted by molar-refractivity contribution is 0.296. The summed E-state index contributed by atoms with van der Waals surface area (Å²) in [4.78, 5) is 13.7. The Labute approximate surface area is 110 Å². The van der Waals surface area contributed by atoms with Crippen LogP contribution in [0.1, 0.15) is 19.4 Å². The van der Waals surface area contributed by atoms with Crippen molar-refractivity contribution in [2.24, 2.45) is 0 Å². The Balaban J connectivity index is 2.61. The van der Waals surface area contributed by atoms with Crippen LogP contribution in [0.15, 0.2) is 27.4 Å². The predicted molar refractivity (Wildman–Crippen MR) is 72.4 cm³/mol. The van der Waals surface area contributed by atoms with Crippen LogP contribution in [0.25, 0.3) is 11.0 Å². The number of phenolic OH excluding ortho intramolecular Hbond substituents is 2. The molecule has 19 heavy (non-hydrogen) atoms. The Hall–Kier alpha value is -2.01. The van der Waals surface area contributed by atoms with E-state index in [1.807, 2.05) is 13.8 Å². The third-order valence-corrected chi connectivity index (χ3v) is 3.24. The van der Waals surface area contributed by atoms with Crippen molar-refractivity contribution >= 4 is 11.0 Å². The molecule has 0 aliphatic heterocycles. The van der Waals surface area contributed by atoms with Crippen LogP contribution in [0.2, 0.25) is 0 Å². The highest BCUT2D eigenvalue weighted by Crippen LogP contribution is 2.34. The fourth-order valence-corrected chi connectivity index (χ4v) is 2.09. The summed E-state index contributed by atoms with van der Waals surface area (Å²) in [5.74, 6) is -0.688. The highest BCUT2D eigenvalue weighted by molar-refractivity contribution is 5.87. The zero-order chi connectivity index (χ0) is 14.0. The molecule has 0 radical (unpaired) electrons. The van der Waals surface area contributed by atoms with Crippen LogP contribution in [-0.2, 0) is 6.54 Å². The fourth-order valence-electron chi connectivity index (χ4n) is 2.09. The van der Waals surface area contributed by atoms with Gasteiger partial charge >= 0.3 is 5.63 Å². The minimum atomic E-state index is -0.532. The molecule has 0 fully saturated rings. The largest absolute Gasteiger partial charge is 0.504 e. The maximum Gasteiger partial charge on any atom is 0.336 e. The predicted octanol–water partition coefficient (Wildman–Crippen LogP) is 2.05. The first-order chi connectivity index (χ1) is 9.06. The van der Waals surface area contributed by atoms with Crippen LogP contribution in [0.4, 0.5) is 0 Å². The third kappa shape index (κ3) is 2.56. The van der Waals surface area contributed by atoms with Crippen LogP contribution < -0.4 is 5.63 Å². The van der Waals surface area contributed by atoms with Crippen LogP contribution in [0.5, 0.6) is 11.5 Å². The van der Waals surface area contributed by atoms with Crippen molar-refractivity contribution in [3.63, 3.8) is 0 Å². The van der Waals surface area contributed by atoms with Crippen molar-refractivity contribution in [2.75, 3.05) is 13.1 Å². The molecule has 0 atom stereocenters. The quantitative estimate of drug-likeness (QED) is 0.652. The monoisotopic (exact) mass is 263 g/mol. The molecule has 0 amide bonds. The Morgan fingerprint density at radius 3 is 2.53 bits per heavy atom. The van der Waals surface area contributed by atoms with Crippen molar-refractivity contribution < 1.29 is 14.6 Å². The molecule has 2 aromatic rings. The maximum absolute atomic E-state index is 11.5. The molecule has 102 valence electrons. The van der Waals surface area contributed by atoms with Crippen LogP contribution in [0.3, 0.4) is 0 Å². The maximum atomic E-state index is 11.5. The Morgan fingerprint density at radius 1 is 1.21 bits per heavy atom. The Bertz CT molecular complexity index is 644. The fraction of sp³-hybridized carbons (Fsp3) is 0.357. The van der Waals surface area contributed by atoms with Gasteiger partial charge in [0.15, 0.2) is 11.3 Å². The minimum absolute atomic E-state index is 0.0367. The number of phenols is 2. The summed E-state index contributed by atoms with van der Waals surface area (Å²) >= 11 is 0. The van der Waals surface area contributed by atoms with E-state index >= 15 is 0 Å². The van der Waals surface area contributed by atoms with Gasteiger partial charge in [-0.1, -0.05) is 13.8 Å². The van der Waals surface area contributed by atoms with Gasteiger partial charge in [-0.2, -0.15) is 0 Å². The van der Waals surface area contributed by atoms with Gasteiger partial charge in [-0.05, 0) is 30.8 Å². The molecule has 1 aromatic carbocycles. The average molecular weight is 263 g/mol. The smallest absolute Gasteiger partial charge is 0.336 e. The van der Waals surface area contributed by atoms with E-state index in [0.29, 0.717) is 11.9 Å². The first-order valence-electron chi connectivity index (χ1n) is 6.26. The molecule has 0 saturated heterocycles. The average Bonchev–Trinajstić information content (AvgIpc) is 2.40. The number of benzene rings is 1. The van der Waals surface area contributed by atoms with Gasteiger partial charge in [0, 0.05) is 18.0 Å². The van der Waals surface area contributed by atoms with Gasteiger partial charge in [0.1, 0.15) is 0 Å². The second kappa shape index (κ2) is 5.32. The Kier molecular flexibility index (Phi) is 3.76. The number of fused-ring (bicyclic) bond motifs is 1. The molecule has 5 nitrogen and oxygen atoms in total. The summed E-state index contributed by atoms with van der Waals surface area (Å²) in [5, 5.41) is 19.9. The van der Waals surface area contributed by atoms with E-state index in [9.17, 15) is 15.0 Å². The van der Waals surface area contributed by atoms with Crippen molar-refractivity contribution in [3.05, 3.63) is 34.2 Å². The van der Waals surface area contributed by atoms with E-state index in [0.717, 1.165) is 18.7 Å². The molecule has 1 aromatic heterocycles. The number of aromatic hydroxyl groups is 2. The number of hydrogen-bond acceptors (Lipinski definition) is 5. The van der Waals surface area contributed by atoms with Gasteiger partial charge in [-0.15, -0.1) is 0 Å². The van der Waals surface area contributed by atoms with Crippen molar-refractivity contribution in [2.45, 2.75) is 20.4 Å². The van der Waals surface area contributed by atoms with Gasteiger partial charge in [0.05, 0.1) is 0 Å². The molecular formula is C14H17NO4. The topological polar surface area (TPSA) is 73.9 Å². The van der Waals surface area contributed by atoms with Crippen molar-refractivity contribution in [3.8, 4) is 11.5 Å². The lowest BCUT2D eigenvalue weighted by Gasteiger charge is -2.18. The van der Waals surface area contributed by atoms with E-state index in [4.69, 9.17) is 4.42 Å². The summed E-state index contributed by atoms with van der Waals surface area (Å²) in [6.45, 7) is 6.41. The second-order valence-electron chi connectivity index (χ2n) is 4.36. The molecule has 2 rings (SSSR count). The van der Waals surface area contributed by atoms with E-state index in [2.05, 4.69) is 4.90 Å². The molecule has 0 aliphatic carbocycles. The normalized spacial score (nSPS) is 11.3. The van der Waals surface area contributed by atoms with Gasteiger partial charge in [-0.3, -0.25) is 4.90 Å². The van der Waals surface area contributed by atoms with Crippen molar-refractivity contribution in [1.82, 2.24) is 4.90 Å². The summed E-state index contributed by atoms with van der Waals surface area (Å²) in [7, 11) is 0. The third-order valence-electron chi connectivity index (χ3n) is 3.24. The highest BCUT2D eigenvalue weighted by Gasteiger charge is 2.13. The zero-order valence-electron chi connectivity index (χ0n) is 11.0. The highest BCUT2D eigenvalue weighted by atomic mass is 16.4. The lowest BCUT2D eigenvalue weighted by Crippen LogP contribution is -2.22. The first kappa shape index (κ1) is 13.4. The molecule has 0 bridgehead atoms. The SMILES string of the molecule is CCN(CC)Cc1cc(=O)oc2c(O)c(O)ccc12. The van der Waals surface area contributed by atoms with Gasteiger partial charge in [0.25, 0.3) is 0 Å². The van der Waals surface area contributed by atoms with Crippen LogP contribution >= 0.6 is 0 Å². The molecule has 0 unspecified atom stereocenters. The van der Waals surface area contributed by atoms with E-state index in [1.54, 1.807) is 6.07 Å². The first-order valence-corrected chi connectivity index (χ1v) is 6.26. The van der Waals surface area contributed by atoms with Gasteiger partial charge in [0.2, 0.25) is 5.75 Å². The zero-order valence-corrected chi connectivity index (χ0v) is 11.0. The van der Waals surface area contributed by atoms with Crippen LogP contribution in [-0.4, -0.2) is 28.2 Å². The summed E-state index contributed by atoms with van der Waals surface area (Å²) in [5.41, 5.74) is 0.287. The van der Waals surface area contributed by atoms with E-state index in [-0.39, 0.29) is 11.3 Å². The van der Waals surface area contributed by atoms with Crippen LogP contribution in [0, 0.1) is 0 Å².